The summed E-state index contributed by atoms with van der Waals surface area (Å²) in [5.74, 6) is -2.47. The van der Waals surface area contributed by atoms with Gasteiger partial charge in [0.05, 0.1) is 10.5 Å². The minimum Gasteiger partial charge on any atom is -0.478 e. The van der Waals surface area contributed by atoms with Gasteiger partial charge in [-0.3, -0.25) is 0 Å². The van der Waals surface area contributed by atoms with Crippen LogP contribution in [0.15, 0.2) is 23.1 Å². The van der Waals surface area contributed by atoms with E-state index in [1.54, 1.807) is 14.1 Å². The molecule has 0 radical (unpaired) electrons. The van der Waals surface area contributed by atoms with Gasteiger partial charge in [0.25, 0.3) is 0 Å². The summed E-state index contributed by atoms with van der Waals surface area (Å²) in [5, 5.41) is 8.82. The maximum absolute atomic E-state index is 13.3. The van der Waals surface area contributed by atoms with Gasteiger partial charge in [-0.05, 0) is 32.3 Å². The molecule has 6 nitrogen and oxygen atoms in total. The van der Waals surface area contributed by atoms with E-state index in [-0.39, 0.29) is 11.4 Å². The Labute approximate surface area is 117 Å². The lowest BCUT2D eigenvalue weighted by Crippen LogP contribution is -2.33. The van der Waals surface area contributed by atoms with Crippen molar-refractivity contribution in [2.75, 3.05) is 34.2 Å². The van der Waals surface area contributed by atoms with E-state index < -0.39 is 27.4 Å². The van der Waals surface area contributed by atoms with Crippen LogP contribution in [0.3, 0.4) is 0 Å². The van der Waals surface area contributed by atoms with Gasteiger partial charge in [-0.2, -0.15) is 4.31 Å². The van der Waals surface area contributed by atoms with Crippen molar-refractivity contribution in [3.63, 3.8) is 0 Å². The lowest BCUT2D eigenvalue weighted by Gasteiger charge is -2.19. The molecule has 0 heterocycles. The van der Waals surface area contributed by atoms with Crippen LogP contribution in [0.5, 0.6) is 0 Å². The van der Waals surface area contributed by atoms with Gasteiger partial charge in [0, 0.05) is 20.1 Å². The molecule has 1 N–H and O–H groups in total. The molecular weight excluding hydrogens is 287 g/mol. The van der Waals surface area contributed by atoms with E-state index in [9.17, 15) is 17.6 Å². The highest BCUT2D eigenvalue weighted by molar-refractivity contribution is 7.89. The van der Waals surface area contributed by atoms with E-state index in [0.717, 1.165) is 22.5 Å². The van der Waals surface area contributed by atoms with Gasteiger partial charge in [-0.1, -0.05) is 0 Å². The van der Waals surface area contributed by atoms with Crippen LogP contribution in [-0.4, -0.2) is 62.9 Å². The van der Waals surface area contributed by atoms with Crippen molar-refractivity contribution < 1.29 is 22.7 Å². The Morgan fingerprint density at radius 3 is 2.35 bits per heavy atom. The standard InChI is InChI=1S/C12H17FN2O4S/c1-14(2)6-7-15(3)20(18,19)9-4-5-11(13)10(8-9)12(16)17/h4-5,8H,6-7H2,1-3H3,(H,16,17). The van der Waals surface area contributed by atoms with Gasteiger partial charge in [0.2, 0.25) is 10.0 Å². The fraction of sp³-hybridized carbons (Fsp3) is 0.417. The predicted molar refractivity (Wildman–Crippen MR) is 71.7 cm³/mol. The van der Waals surface area contributed by atoms with Crippen LogP contribution in [-0.2, 0) is 10.0 Å². The van der Waals surface area contributed by atoms with Crippen molar-refractivity contribution in [3.8, 4) is 0 Å². The summed E-state index contributed by atoms with van der Waals surface area (Å²) in [5.41, 5.74) is -0.660. The number of hydrogen-bond donors (Lipinski definition) is 1. The Morgan fingerprint density at radius 1 is 1.25 bits per heavy atom. The second-order valence-electron chi connectivity index (χ2n) is 4.58. The molecule has 1 aromatic rings. The van der Waals surface area contributed by atoms with E-state index in [0.29, 0.717) is 6.54 Å². The van der Waals surface area contributed by atoms with Gasteiger partial charge in [-0.25, -0.2) is 17.6 Å². The third kappa shape index (κ3) is 3.75. The first-order valence-corrected chi connectivity index (χ1v) is 7.24. The molecule has 0 spiro atoms. The van der Waals surface area contributed by atoms with Crippen LogP contribution in [0.2, 0.25) is 0 Å². The molecule has 0 aliphatic rings. The van der Waals surface area contributed by atoms with Gasteiger partial charge in [0.1, 0.15) is 5.82 Å². The monoisotopic (exact) mass is 304 g/mol. The van der Waals surface area contributed by atoms with Crippen molar-refractivity contribution in [1.82, 2.24) is 9.21 Å². The fourth-order valence-electron chi connectivity index (χ4n) is 1.47. The number of sulfonamides is 1. The lowest BCUT2D eigenvalue weighted by molar-refractivity contribution is 0.0691. The average molecular weight is 304 g/mol. The van der Waals surface area contributed by atoms with Crippen molar-refractivity contribution >= 4 is 16.0 Å². The van der Waals surface area contributed by atoms with Gasteiger partial charge in [-0.15, -0.1) is 0 Å². The molecule has 1 aromatic carbocycles. The minimum absolute atomic E-state index is 0.238. The number of carboxylic acids is 1. The molecule has 0 bridgehead atoms. The summed E-state index contributed by atoms with van der Waals surface area (Å²) in [6.07, 6.45) is 0. The highest BCUT2D eigenvalue weighted by Gasteiger charge is 2.23. The van der Waals surface area contributed by atoms with E-state index >= 15 is 0 Å². The number of carbonyl (C=O) groups is 1. The number of likely N-dealkylation sites (N-methyl/N-ethyl adjacent to an activating group) is 2. The molecule has 0 atom stereocenters. The maximum Gasteiger partial charge on any atom is 0.338 e. The number of carboxylic acid groups (broad SMARTS) is 1. The van der Waals surface area contributed by atoms with Gasteiger partial charge in [0.15, 0.2) is 0 Å². The molecule has 0 amide bonds. The molecular formula is C12H17FN2O4S. The Bertz CT molecular complexity index is 601. The highest BCUT2D eigenvalue weighted by atomic mass is 32.2. The zero-order valence-electron chi connectivity index (χ0n) is 11.5. The molecule has 0 aliphatic heterocycles. The van der Waals surface area contributed by atoms with Gasteiger partial charge >= 0.3 is 5.97 Å². The minimum atomic E-state index is -3.83. The van der Waals surface area contributed by atoms with Crippen molar-refractivity contribution in [3.05, 3.63) is 29.6 Å². The van der Waals surface area contributed by atoms with Crippen molar-refractivity contribution in [2.45, 2.75) is 4.90 Å². The molecule has 0 saturated heterocycles. The Hall–Kier alpha value is -1.51. The number of hydrogen-bond acceptors (Lipinski definition) is 4. The van der Waals surface area contributed by atoms with Crippen LogP contribution < -0.4 is 0 Å². The molecule has 8 heteroatoms. The van der Waals surface area contributed by atoms with Crippen LogP contribution in [0.25, 0.3) is 0 Å². The van der Waals surface area contributed by atoms with E-state index in [1.807, 2.05) is 4.90 Å². The normalized spacial score (nSPS) is 12.1. The fourth-order valence-corrected chi connectivity index (χ4v) is 2.66. The number of rotatable bonds is 6. The third-order valence-corrected chi connectivity index (χ3v) is 4.59. The maximum atomic E-state index is 13.3. The second-order valence-corrected chi connectivity index (χ2v) is 6.62. The van der Waals surface area contributed by atoms with Crippen molar-refractivity contribution in [2.24, 2.45) is 0 Å². The molecule has 1 rings (SSSR count). The van der Waals surface area contributed by atoms with E-state index in [1.165, 1.54) is 7.05 Å². The number of nitrogens with zero attached hydrogens (tertiary/aromatic N) is 2. The predicted octanol–water partition coefficient (Wildman–Crippen LogP) is 0.706. The molecule has 0 aromatic heterocycles. The first kappa shape index (κ1) is 16.5. The summed E-state index contributed by atoms with van der Waals surface area (Å²) in [4.78, 5) is 12.4. The summed E-state index contributed by atoms with van der Waals surface area (Å²) in [6, 6.07) is 2.73. The number of aromatic carboxylic acids is 1. The molecule has 20 heavy (non-hydrogen) atoms. The highest BCUT2D eigenvalue weighted by Crippen LogP contribution is 2.18. The summed E-state index contributed by atoms with van der Waals surface area (Å²) in [7, 11) is 1.17. The van der Waals surface area contributed by atoms with Crippen molar-refractivity contribution in [1.29, 1.82) is 0 Å². The summed E-state index contributed by atoms with van der Waals surface area (Å²) >= 11 is 0. The van der Waals surface area contributed by atoms with E-state index in [2.05, 4.69) is 0 Å². The molecule has 0 fully saturated rings. The van der Waals surface area contributed by atoms with E-state index in [4.69, 9.17) is 5.11 Å². The molecule has 0 unspecified atom stereocenters. The topological polar surface area (TPSA) is 77.9 Å². The smallest absolute Gasteiger partial charge is 0.338 e. The van der Waals surface area contributed by atoms with Crippen LogP contribution in [0.1, 0.15) is 10.4 Å². The molecule has 0 saturated carbocycles. The molecule has 112 valence electrons. The Morgan fingerprint density at radius 2 is 1.85 bits per heavy atom. The lowest BCUT2D eigenvalue weighted by atomic mass is 10.2. The summed E-state index contributed by atoms with van der Waals surface area (Å²) < 4.78 is 38.8. The Balaban J connectivity index is 3.09. The third-order valence-electron chi connectivity index (χ3n) is 2.74. The van der Waals surface area contributed by atoms with Crippen LogP contribution in [0, 0.1) is 5.82 Å². The molecule has 0 aliphatic carbocycles. The second kappa shape index (κ2) is 6.29. The number of benzene rings is 1. The summed E-state index contributed by atoms with van der Waals surface area (Å²) in [6.45, 7) is 0.762. The number of halogens is 1. The SMILES string of the molecule is CN(C)CCN(C)S(=O)(=O)c1ccc(F)c(C(=O)O)c1. The van der Waals surface area contributed by atoms with Gasteiger partial charge < -0.3 is 10.0 Å². The zero-order valence-corrected chi connectivity index (χ0v) is 12.3. The first-order chi connectivity index (χ1) is 9.16. The van der Waals surface area contributed by atoms with Crippen LogP contribution >= 0.6 is 0 Å². The largest absolute Gasteiger partial charge is 0.478 e. The quantitative estimate of drug-likeness (QED) is 0.837. The Kier molecular flexibility index (Phi) is 5.21. The average Bonchev–Trinajstić information content (AvgIpc) is 2.35. The van der Waals surface area contributed by atoms with Crippen LogP contribution in [0.4, 0.5) is 4.39 Å². The first-order valence-electron chi connectivity index (χ1n) is 5.80. The zero-order chi connectivity index (χ0) is 15.5.